The maximum Gasteiger partial charge on any atom is 0.264 e. The summed E-state index contributed by atoms with van der Waals surface area (Å²) in [5, 5.41) is 4.08. The molecule has 0 spiro atoms. The van der Waals surface area contributed by atoms with E-state index in [4.69, 9.17) is 27.9 Å². The quantitative estimate of drug-likeness (QED) is 0.337. The van der Waals surface area contributed by atoms with Gasteiger partial charge in [0.25, 0.3) is 5.91 Å². The van der Waals surface area contributed by atoms with E-state index in [9.17, 15) is 9.18 Å². The number of benzene rings is 3. The van der Waals surface area contributed by atoms with Gasteiger partial charge in [-0.05, 0) is 78.0 Å². The van der Waals surface area contributed by atoms with Crippen molar-refractivity contribution in [2.45, 2.75) is 6.61 Å². The first-order valence-corrected chi connectivity index (χ1v) is 11.7. The van der Waals surface area contributed by atoms with Gasteiger partial charge in [0.2, 0.25) is 0 Å². The molecule has 0 saturated carbocycles. The second-order valence-corrected chi connectivity index (χ2v) is 9.44. The van der Waals surface area contributed by atoms with E-state index in [1.807, 2.05) is 24.3 Å². The monoisotopic (exact) mass is 550 g/mol. The van der Waals surface area contributed by atoms with Gasteiger partial charge in [-0.15, -0.1) is 0 Å². The lowest BCUT2D eigenvalue weighted by Gasteiger charge is -2.11. The average molecular weight is 552 g/mol. The van der Waals surface area contributed by atoms with Crippen molar-refractivity contribution in [1.29, 1.82) is 0 Å². The molecule has 0 radical (unpaired) electrons. The number of hydrogen-bond donors (Lipinski definition) is 1. The van der Waals surface area contributed by atoms with Crippen LogP contribution in [0.2, 0.25) is 10.0 Å². The first-order valence-electron chi connectivity index (χ1n) is 9.29. The van der Waals surface area contributed by atoms with Gasteiger partial charge < -0.3 is 10.1 Å². The van der Waals surface area contributed by atoms with Crippen molar-refractivity contribution in [3.63, 3.8) is 0 Å². The Kier molecular flexibility index (Phi) is 7.20. The van der Waals surface area contributed by atoms with Gasteiger partial charge >= 0.3 is 0 Å². The molecule has 1 N–H and O–H groups in total. The molecular weight excluding hydrogens is 538 g/mol. The van der Waals surface area contributed by atoms with Crippen LogP contribution in [-0.4, -0.2) is 11.1 Å². The Hall–Kier alpha value is -2.32. The summed E-state index contributed by atoms with van der Waals surface area (Å²) in [5.74, 6) is -0.0175. The number of rotatable bonds is 5. The predicted molar refractivity (Wildman–Crippen MR) is 132 cm³/mol. The molecule has 1 heterocycles. The second-order valence-electron chi connectivity index (χ2n) is 6.68. The van der Waals surface area contributed by atoms with Crippen molar-refractivity contribution < 1.29 is 13.9 Å². The third-order valence-corrected chi connectivity index (χ3v) is 6.49. The molecular formula is C23H14BrCl2FN2O2S. The van der Waals surface area contributed by atoms with E-state index in [-0.39, 0.29) is 18.3 Å². The lowest BCUT2D eigenvalue weighted by atomic mass is 10.2. The number of aliphatic imine (C=N–C) groups is 1. The van der Waals surface area contributed by atoms with Crippen molar-refractivity contribution in [2.75, 3.05) is 0 Å². The Balaban J connectivity index is 1.55. The minimum atomic E-state index is -0.347. The molecule has 4 rings (SSSR count). The summed E-state index contributed by atoms with van der Waals surface area (Å²) in [4.78, 5) is 17.3. The van der Waals surface area contributed by atoms with Crippen molar-refractivity contribution in [3.05, 3.63) is 97.0 Å². The highest BCUT2D eigenvalue weighted by molar-refractivity contribution is 9.10. The number of carbonyl (C=O) groups excluding carboxylic acids is 1. The first-order chi connectivity index (χ1) is 15.4. The molecule has 1 aliphatic rings. The highest BCUT2D eigenvalue weighted by atomic mass is 79.9. The zero-order chi connectivity index (χ0) is 22.7. The van der Waals surface area contributed by atoms with Gasteiger partial charge in [-0.1, -0.05) is 45.2 Å². The topological polar surface area (TPSA) is 50.7 Å². The molecule has 0 aromatic heterocycles. The van der Waals surface area contributed by atoms with Gasteiger partial charge in [-0.2, -0.15) is 0 Å². The molecule has 0 aliphatic carbocycles. The molecule has 4 nitrogen and oxygen atoms in total. The minimum Gasteiger partial charge on any atom is -0.488 e. The number of amides is 1. The molecule has 162 valence electrons. The number of hydrogen-bond acceptors (Lipinski definition) is 4. The van der Waals surface area contributed by atoms with Crippen LogP contribution in [0.3, 0.4) is 0 Å². The van der Waals surface area contributed by atoms with Crippen molar-refractivity contribution in [1.82, 2.24) is 5.32 Å². The summed E-state index contributed by atoms with van der Waals surface area (Å²) in [6, 6.07) is 16.6. The molecule has 0 bridgehead atoms. The van der Waals surface area contributed by atoms with Gasteiger partial charge in [0.15, 0.2) is 5.17 Å². The fourth-order valence-electron chi connectivity index (χ4n) is 2.81. The summed E-state index contributed by atoms with van der Waals surface area (Å²) < 4.78 is 19.9. The highest BCUT2D eigenvalue weighted by Gasteiger charge is 2.24. The summed E-state index contributed by atoms with van der Waals surface area (Å²) in [5.41, 5.74) is 2.13. The van der Waals surface area contributed by atoms with Gasteiger partial charge in [0, 0.05) is 10.0 Å². The molecule has 1 saturated heterocycles. The SMILES string of the molecule is O=C1NC(=Nc2ccc(F)cc2)S/C1=C/c1cc(Br)ccc1OCc1ccc(Cl)c(Cl)c1. The highest BCUT2D eigenvalue weighted by Crippen LogP contribution is 2.32. The van der Waals surface area contributed by atoms with E-state index in [1.54, 1.807) is 30.3 Å². The van der Waals surface area contributed by atoms with Crippen molar-refractivity contribution in [3.8, 4) is 5.75 Å². The van der Waals surface area contributed by atoms with Crippen LogP contribution in [0.15, 0.2) is 75.0 Å². The molecule has 0 atom stereocenters. The molecule has 1 amide bonds. The molecule has 3 aromatic rings. The molecule has 0 unspecified atom stereocenters. The zero-order valence-electron chi connectivity index (χ0n) is 16.2. The van der Waals surface area contributed by atoms with E-state index in [0.717, 1.165) is 15.6 Å². The number of thioether (sulfide) groups is 1. The number of amidine groups is 1. The maximum atomic E-state index is 13.1. The summed E-state index contributed by atoms with van der Waals surface area (Å²) in [6.07, 6.45) is 1.74. The first kappa shape index (κ1) is 22.9. The van der Waals surface area contributed by atoms with E-state index >= 15 is 0 Å². The Labute approximate surface area is 206 Å². The molecule has 1 aliphatic heterocycles. The molecule has 3 aromatic carbocycles. The number of nitrogens with zero attached hydrogens (tertiary/aromatic N) is 1. The Morgan fingerprint density at radius 2 is 1.84 bits per heavy atom. The van der Waals surface area contributed by atoms with Gasteiger partial charge in [-0.25, -0.2) is 9.38 Å². The van der Waals surface area contributed by atoms with Gasteiger partial charge in [0.05, 0.1) is 20.6 Å². The normalized spacial score (nSPS) is 15.9. The number of halogens is 4. The summed E-state index contributed by atoms with van der Waals surface area (Å²) in [6.45, 7) is 0.283. The van der Waals surface area contributed by atoms with Crippen LogP contribution in [0, 0.1) is 5.82 Å². The third kappa shape index (κ3) is 5.72. The minimum absolute atomic E-state index is 0.272. The largest absolute Gasteiger partial charge is 0.488 e. The van der Waals surface area contributed by atoms with Crippen molar-refractivity contribution >= 4 is 73.7 Å². The maximum absolute atomic E-state index is 13.1. The van der Waals surface area contributed by atoms with Crippen LogP contribution in [-0.2, 0) is 11.4 Å². The van der Waals surface area contributed by atoms with Gasteiger partial charge in [-0.3, -0.25) is 4.79 Å². The standard InChI is InChI=1S/C23H14BrCl2FN2O2S/c24-15-2-8-20(31-12-13-1-7-18(25)19(26)9-13)14(10-15)11-21-22(30)29-23(32-21)28-17-5-3-16(27)4-6-17/h1-11H,12H2,(H,28,29,30)/b21-11+. The van der Waals surface area contributed by atoms with Crippen LogP contribution in [0.4, 0.5) is 10.1 Å². The fourth-order valence-corrected chi connectivity index (χ4v) is 4.34. The smallest absolute Gasteiger partial charge is 0.264 e. The van der Waals surface area contributed by atoms with Crippen LogP contribution in [0.1, 0.15) is 11.1 Å². The Morgan fingerprint density at radius 1 is 1.06 bits per heavy atom. The molecule has 32 heavy (non-hydrogen) atoms. The van der Waals surface area contributed by atoms with Crippen LogP contribution >= 0.6 is 50.9 Å². The van der Waals surface area contributed by atoms with E-state index in [2.05, 4.69) is 26.2 Å². The van der Waals surface area contributed by atoms with E-state index in [0.29, 0.717) is 31.6 Å². The Bertz CT molecular complexity index is 1250. The van der Waals surface area contributed by atoms with Crippen molar-refractivity contribution in [2.24, 2.45) is 4.99 Å². The fraction of sp³-hybridized carbons (Fsp3) is 0.0435. The lowest BCUT2D eigenvalue weighted by Crippen LogP contribution is -2.19. The van der Waals surface area contributed by atoms with Crippen LogP contribution < -0.4 is 10.1 Å². The lowest BCUT2D eigenvalue weighted by molar-refractivity contribution is -0.115. The number of carbonyl (C=O) groups is 1. The predicted octanol–water partition coefficient (Wildman–Crippen LogP) is 7.37. The third-order valence-electron chi connectivity index (χ3n) is 4.34. The average Bonchev–Trinajstić information content (AvgIpc) is 3.10. The summed E-state index contributed by atoms with van der Waals surface area (Å²) >= 11 is 16.7. The number of ether oxygens (including phenoxy) is 1. The summed E-state index contributed by atoms with van der Waals surface area (Å²) in [7, 11) is 0. The Morgan fingerprint density at radius 3 is 2.59 bits per heavy atom. The van der Waals surface area contributed by atoms with Crippen LogP contribution in [0.5, 0.6) is 5.75 Å². The zero-order valence-corrected chi connectivity index (χ0v) is 20.2. The van der Waals surface area contributed by atoms with E-state index < -0.39 is 0 Å². The van der Waals surface area contributed by atoms with E-state index in [1.165, 1.54) is 23.9 Å². The van der Waals surface area contributed by atoms with Gasteiger partial charge in [0.1, 0.15) is 18.2 Å². The second kappa shape index (κ2) is 10.1. The number of nitrogens with one attached hydrogen (secondary N) is 1. The molecule has 9 heteroatoms. The molecule has 1 fully saturated rings. The van der Waals surface area contributed by atoms with Crippen LogP contribution in [0.25, 0.3) is 6.08 Å².